The van der Waals surface area contributed by atoms with Crippen LogP contribution in [0.25, 0.3) is 0 Å². The molecule has 0 bridgehead atoms. The predicted molar refractivity (Wildman–Crippen MR) is 64.6 cm³/mol. The van der Waals surface area contributed by atoms with Gasteiger partial charge in [-0.3, -0.25) is 4.79 Å². The van der Waals surface area contributed by atoms with Crippen LogP contribution in [0.3, 0.4) is 0 Å². The molecule has 0 aromatic rings. The Morgan fingerprint density at radius 3 is 2.17 bits per heavy atom. The molecule has 0 radical (unpaired) electrons. The van der Waals surface area contributed by atoms with Crippen molar-refractivity contribution in [3.05, 3.63) is 0 Å². The van der Waals surface area contributed by atoms with Gasteiger partial charge in [-0.15, -0.1) is 0 Å². The molecule has 0 aliphatic rings. The van der Waals surface area contributed by atoms with Gasteiger partial charge in [0.25, 0.3) is 0 Å². The van der Waals surface area contributed by atoms with E-state index >= 15 is 0 Å². The monoisotopic (exact) mass is 398 g/mol. The smallest absolute Gasteiger partial charge is 0.374 e. The third-order valence-electron chi connectivity index (χ3n) is 1.17. The van der Waals surface area contributed by atoms with Gasteiger partial charge in [-0.2, -0.15) is 0 Å². The first-order valence-electron chi connectivity index (χ1n) is 3.47. The van der Waals surface area contributed by atoms with Crippen molar-refractivity contribution in [3.8, 4) is 0 Å². The Morgan fingerprint density at radius 1 is 1.33 bits per heavy atom. The van der Waals surface area contributed by atoms with Crippen LogP contribution in [-0.2, 0) is 14.3 Å². The number of carbonyl (C=O) groups excluding carboxylic acids is 2. The Balaban J connectivity index is 0. The molecule has 12 heavy (non-hydrogen) atoms. The highest BCUT2D eigenvalue weighted by atomic mass is 128. The SMILES string of the molecule is CCCCC(=O)C(=O)OC.II. The van der Waals surface area contributed by atoms with Crippen LogP contribution in [0.1, 0.15) is 26.2 Å². The van der Waals surface area contributed by atoms with Crippen molar-refractivity contribution in [2.75, 3.05) is 7.11 Å². The van der Waals surface area contributed by atoms with Gasteiger partial charge in [-0.25, -0.2) is 4.79 Å². The number of halogens is 2. The van der Waals surface area contributed by atoms with Gasteiger partial charge in [0, 0.05) is 43.7 Å². The molecule has 0 aromatic heterocycles. The molecule has 0 N–H and O–H groups in total. The number of unbranched alkanes of at least 4 members (excludes halogenated alkanes) is 1. The quantitative estimate of drug-likeness (QED) is 0.416. The summed E-state index contributed by atoms with van der Waals surface area (Å²) in [5, 5.41) is 0. The number of carbonyl (C=O) groups is 2. The second kappa shape index (κ2) is 11.6. The average Bonchev–Trinajstić information content (AvgIpc) is 2.16. The molecule has 0 atom stereocenters. The van der Waals surface area contributed by atoms with Crippen LogP contribution >= 0.6 is 37.2 Å². The molecule has 0 rings (SSSR count). The lowest BCUT2D eigenvalue weighted by Gasteiger charge is -1.95. The first kappa shape index (κ1) is 15.1. The summed E-state index contributed by atoms with van der Waals surface area (Å²) in [4.78, 5) is 21.1. The second-order valence-corrected chi connectivity index (χ2v) is 2.02. The van der Waals surface area contributed by atoms with E-state index in [0.29, 0.717) is 6.42 Å². The van der Waals surface area contributed by atoms with Gasteiger partial charge >= 0.3 is 5.97 Å². The van der Waals surface area contributed by atoms with Crippen LogP contribution in [-0.4, -0.2) is 18.9 Å². The van der Waals surface area contributed by atoms with Crippen LogP contribution in [0, 0.1) is 0 Å². The zero-order chi connectivity index (χ0) is 9.98. The molecular weight excluding hydrogens is 386 g/mol. The molecule has 5 heteroatoms. The molecule has 0 unspecified atom stereocenters. The third-order valence-corrected chi connectivity index (χ3v) is 1.17. The van der Waals surface area contributed by atoms with E-state index in [2.05, 4.69) is 42.0 Å². The fourth-order valence-electron chi connectivity index (χ4n) is 0.553. The molecule has 0 saturated heterocycles. The molecular formula is C7H12I2O3. The summed E-state index contributed by atoms with van der Waals surface area (Å²) in [5.74, 6) is -1.15. The fourth-order valence-corrected chi connectivity index (χ4v) is 0.553. The Kier molecular flexibility index (Phi) is 14.6. The highest BCUT2D eigenvalue weighted by Gasteiger charge is 2.11. The summed E-state index contributed by atoms with van der Waals surface area (Å²) in [7, 11) is 1.21. The zero-order valence-corrected chi connectivity index (χ0v) is 11.4. The molecule has 0 fully saturated rings. The third kappa shape index (κ3) is 8.69. The van der Waals surface area contributed by atoms with E-state index in [1.54, 1.807) is 0 Å². The maximum atomic E-state index is 10.7. The van der Waals surface area contributed by atoms with E-state index in [0.717, 1.165) is 12.8 Å². The average molecular weight is 398 g/mol. The Hall–Kier alpha value is 0.600. The standard InChI is InChI=1S/C7H12O3.I2/c1-3-4-5-6(8)7(9)10-2;1-2/h3-5H2,1-2H3;. The second-order valence-electron chi connectivity index (χ2n) is 2.02. The molecule has 0 saturated carbocycles. The number of hydrogen-bond acceptors (Lipinski definition) is 3. The molecule has 0 aliphatic carbocycles. The van der Waals surface area contributed by atoms with Crippen molar-refractivity contribution in [2.24, 2.45) is 0 Å². The largest absolute Gasteiger partial charge is 0.463 e. The van der Waals surface area contributed by atoms with E-state index in [-0.39, 0.29) is 0 Å². The Bertz CT molecular complexity index is 137. The number of esters is 1. The lowest BCUT2D eigenvalue weighted by atomic mass is 10.2. The molecule has 72 valence electrons. The van der Waals surface area contributed by atoms with E-state index in [1.165, 1.54) is 7.11 Å². The van der Waals surface area contributed by atoms with Crippen molar-refractivity contribution in [3.63, 3.8) is 0 Å². The number of hydrogen-bond donors (Lipinski definition) is 0. The molecule has 0 aromatic carbocycles. The van der Waals surface area contributed by atoms with Crippen molar-refractivity contribution in [1.29, 1.82) is 0 Å². The van der Waals surface area contributed by atoms with Crippen molar-refractivity contribution < 1.29 is 14.3 Å². The Morgan fingerprint density at radius 2 is 1.83 bits per heavy atom. The molecule has 0 spiro atoms. The molecule has 3 nitrogen and oxygen atoms in total. The summed E-state index contributed by atoms with van der Waals surface area (Å²) in [6.07, 6.45) is 1.99. The van der Waals surface area contributed by atoms with Crippen LogP contribution in [0.2, 0.25) is 0 Å². The number of ether oxygens (including phenoxy) is 1. The normalized spacial score (nSPS) is 8.00. The number of ketones is 1. The number of methoxy groups -OCH3 is 1. The number of rotatable bonds is 4. The van der Waals surface area contributed by atoms with Crippen molar-refractivity contribution >= 4 is 49.0 Å². The molecule has 0 amide bonds. The molecule has 0 aliphatic heterocycles. The van der Waals surface area contributed by atoms with Gasteiger partial charge in [0.15, 0.2) is 0 Å². The van der Waals surface area contributed by atoms with Gasteiger partial charge in [-0.1, -0.05) is 13.3 Å². The lowest BCUT2D eigenvalue weighted by molar-refractivity contribution is -0.151. The minimum atomic E-state index is -0.728. The van der Waals surface area contributed by atoms with Crippen molar-refractivity contribution in [2.45, 2.75) is 26.2 Å². The summed E-state index contributed by atoms with van der Waals surface area (Å²) < 4.78 is 4.22. The van der Waals surface area contributed by atoms with E-state index < -0.39 is 11.8 Å². The summed E-state index contributed by atoms with van der Waals surface area (Å²) in [6, 6.07) is 0. The van der Waals surface area contributed by atoms with Crippen LogP contribution in [0.4, 0.5) is 0 Å². The number of Topliss-reactive ketones (excluding diaryl/α,β-unsaturated/α-hetero) is 1. The first-order valence-corrected chi connectivity index (χ1v) is 9.76. The van der Waals surface area contributed by atoms with Crippen LogP contribution in [0.15, 0.2) is 0 Å². The van der Waals surface area contributed by atoms with Gasteiger partial charge in [0.05, 0.1) is 7.11 Å². The zero-order valence-electron chi connectivity index (χ0n) is 7.10. The summed E-state index contributed by atoms with van der Waals surface area (Å²) in [6.45, 7) is 1.96. The van der Waals surface area contributed by atoms with Crippen molar-refractivity contribution in [1.82, 2.24) is 0 Å². The predicted octanol–water partition coefficient (Wildman–Crippen LogP) is 2.69. The van der Waals surface area contributed by atoms with Gasteiger partial charge < -0.3 is 4.74 Å². The minimum Gasteiger partial charge on any atom is -0.463 e. The molecule has 0 heterocycles. The summed E-state index contributed by atoms with van der Waals surface area (Å²) in [5.41, 5.74) is 0. The highest BCUT2D eigenvalue weighted by molar-refractivity contribution is 15.0. The topological polar surface area (TPSA) is 43.4 Å². The first-order chi connectivity index (χ1) is 5.72. The van der Waals surface area contributed by atoms with Gasteiger partial charge in [-0.05, 0) is 6.42 Å². The van der Waals surface area contributed by atoms with Crippen LogP contribution < -0.4 is 0 Å². The Labute approximate surface area is 95.9 Å². The van der Waals surface area contributed by atoms with E-state index in [1.807, 2.05) is 6.92 Å². The fraction of sp³-hybridized carbons (Fsp3) is 0.714. The maximum absolute atomic E-state index is 10.7. The minimum absolute atomic E-state index is 0.309. The highest BCUT2D eigenvalue weighted by Crippen LogP contribution is 1.95. The lowest BCUT2D eigenvalue weighted by Crippen LogP contribution is -2.14. The van der Waals surface area contributed by atoms with Crippen LogP contribution in [0.5, 0.6) is 0 Å². The van der Waals surface area contributed by atoms with Gasteiger partial charge in [0.2, 0.25) is 5.78 Å². The van der Waals surface area contributed by atoms with E-state index in [4.69, 9.17) is 0 Å². The maximum Gasteiger partial charge on any atom is 0.374 e. The summed E-state index contributed by atoms with van der Waals surface area (Å²) >= 11 is 4.24. The van der Waals surface area contributed by atoms with Gasteiger partial charge in [0.1, 0.15) is 0 Å². The van der Waals surface area contributed by atoms with E-state index in [9.17, 15) is 9.59 Å².